The van der Waals surface area contributed by atoms with Gasteiger partial charge in [-0.25, -0.2) is 9.78 Å². The smallest absolute Gasteiger partial charge is 0.408 e. The molecular formula is C25H38BrN3O3. The van der Waals surface area contributed by atoms with E-state index >= 15 is 0 Å². The van der Waals surface area contributed by atoms with E-state index < -0.39 is 17.7 Å². The van der Waals surface area contributed by atoms with Gasteiger partial charge in [-0.2, -0.15) is 0 Å². The first kappa shape index (κ1) is 25.0. The number of nitrogens with zero attached hydrogens (tertiary/aromatic N) is 1. The highest BCUT2D eigenvalue weighted by molar-refractivity contribution is 9.10. The first-order valence-electron chi connectivity index (χ1n) is 12.1. The van der Waals surface area contributed by atoms with Crippen LogP contribution in [0.1, 0.15) is 85.0 Å². The van der Waals surface area contributed by atoms with E-state index in [4.69, 9.17) is 4.74 Å². The number of hydrogen-bond acceptors (Lipinski definition) is 4. The number of amides is 2. The van der Waals surface area contributed by atoms with Crippen LogP contribution in [0.5, 0.6) is 0 Å². The van der Waals surface area contributed by atoms with Gasteiger partial charge in [-0.05, 0) is 66.6 Å². The lowest BCUT2D eigenvalue weighted by atomic mass is 9.66. The molecule has 2 aliphatic rings. The third-order valence-electron chi connectivity index (χ3n) is 6.71. The van der Waals surface area contributed by atoms with E-state index in [-0.39, 0.29) is 11.8 Å². The maximum atomic E-state index is 13.6. The predicted molar refractivity (Wildman–Crippen MR) is 130 cm³/mol. The maximum Gasteiger partial charge on any atom is 0.408 e. The van der Waals surface area contributed by atoms with Crippen molar-refractivity contribution >= 4 is 33.7 Å². The fourth-order valence-corrected chi connectivity index (χ4v) is 5.63. The molecule has 0 saturated heterocycles. The Morgan fingerprint density at radius 3 is 2.03 bits per heavy atom. The molecular weight excluding hydrogens is 470 g/mol. The highest BCUT2D eigenvalue weighted by Gasteiger charge is 2.41. The van der Waals surface area contributed by atoms with Crippen LogP contribution < -0.4 is 10.6 Å². The molecule has 1 aromatic heterocycles. The number of pyridine rings is 1. The molecule has 0 aliphatic heterocycles. The predicted octanol–water partition coefficient (Wildman–Crippen LogP) is 6.45. The summed E-state index contributed by atoms with van der Waals surface area (Å²) in [6, 6.07) is 2.98. The van der Waals surface area contributed by atoms with Crippen molar-refractivity contribution in [2.45, 2.75) is 96.6 Å². The van der Waals surface area contributed by atoms with Crippen molar-refractivity contribution in [2.24, 2.45) is 17.8 Å². The van der Waals surface area contributed by atoms with Crippen LogP contribution in [0.25, 0.3) is 0 Å². The van der Waals surface area contributed by atoms with E-state index in [1.807, 2.05) is 26.8 Å². The van der Waals surface area contributed by atoms with Crippen LogP contribution in [0.4, 0.5) is 10.6 Å². The van der Waals surface area contributed by atoms with Gasteiger partial charge in [-0.3, -0.25) is 4.79 Å². The maximum absolute atomic E-state index is 13.6. The van der Waals surface area contributed by atoms with Gasteiger partial charge in [0.1, 0.15) is 17.5 Å². The molecule has 0 radical (unpaired) electrons. The van der Waals surface area contributed by atoms with Crippen molar-refractivity contribution in [2.75, 3.05) is 5.32 Å². The van der Waals surface area contributed by atoms with Gasteiger partial charge in [-0.1, -0.05) is 64.2 Å². The minimum Gasteiger partial charge on any atom is -0.444 e. The molecule has 2 N–H and O–H groups in total. The zero-order valence-corrected chi connectivity index (χ0v) is 21.2. The minimum atomic E-state index is -0.638. The number of carbonyl (C=O) groups is 2. The van der Waals surface area contributed by atoms with Crippen LogP contribution in [0.15, 0.2) is 22.8 Å². The molecule has 6 nitrogen and oxygen atoms in total. The third-order valence-corrected chi connectivity index (χ3v) is 7.18. The lowest BCUT2D eigenvalue weighted by molar-refractivity contribution is -0.121. The molecule has 2 amide bonds. The Hall–Kier alpha value is -1.63. The number of halogens is 1. The van der Waals surface area contributed by atoms with Crippen molar-refractivity contribution in [1.29, 1.82) is 0 Å². The van der Waals surface area contributed by atoms with E-state index in [2.05, 4.69) is 31.5 Å². The molecule has 1 unspecified atom stereocenters. The molecule has 0 spiro atoms. The Kier molecular flexibility index (Phi) is 8.97. The van der Waals surface area contributed by atoms with Crippen molar-refractivity contribution in [3.8, 4) is 0 Å². The number of anilines is 1. The van der Waals surface area contributed by atoms with E-state index in [1.54, 1.807) is 12.3 Å². The van der Waals surface area contributed by atoms with E-state index in [1.165, 1.54) is 38.5 Å². The van der Waals surface area contributed by atoms with E-state index in [9.17, 15) is 9.59 Å². The standard InChI is InChI=1S/C25H38BrN3O3/c1-25(2,3)32-24(31)29-22(23(30)28-20-15-14-19(26)16-27-20)21(17-10-6-4-7-11-17)18-12-8-5-9-13-18/h14-18,21-22H,4-13H2,1-3H3,(H,29,31)(H,27,28,30). The van der Waals surface area contributed by atoms with Gasteiger partial charge in [0, 0.05) is 10.7 Å². The Morgan fingerprint density at radius 2 is 1.56 bits per heavy atom. The van der Waals surface area contributed by atoms with Crippen LogP contribution in [-0.2, 0) is 9.53 Å². The molecule has 1 heterocycles. The number of rotatable bonds is 6. The topological polar surface area (TPSA) is 80.3 Å². The summed E-state index contributed by atoms with van der Waals surface area (Å²) >= 11 is 3.38. The largest absolute Gasteiger partial charge is 0.444 e. The fourth-order valence-electron chi connectivity index (χ4n) is 5.39. The summed E-state index contributed by atoms with van der Waals surface area (Å²) in [5.74, 6) is 1.27. The zero-order valence-electron chi connectivity index (χ0n) is 19.7. The quantitative estimate of drug-likeness (QED) is 0.463. The monoisotopic (exact) mass is 507 g/mol. The average molecular weight is 509 g/mol. The summed E-state index contributed by atoms with van der Waals surface area (Å²) in [5.41, 5.74) is -0.621. The van der Waals surface area contributed by atoms with Gasteiger partial charge in [-0.15, -0.1) is 0 Å². The SMILES string of the molecule is CC(C)(C)OC(=O)NC(C(=O)Nc1ccc(Br)cn1)C(C1CCCCC1)C1CCCCC1. The lowest BCUT2D eigenvalue weighted by Gasteiger charge is -2.41. The highest BCUT2D eigenvalue weighted by atomic mass is 79.9. The molecule has 0 bridgehead atoms. The zero-order chi connectivity index (χ0) is 23.1. The minimum absolute atomic E-state index is 0.110. The third kappa shape index (κ3) is 7.46. The van der Waals surface area contributed by atoms with Gasteiger partial charge in [0.05, 0.1) is 0 Å². The Labute approximate surface area is 200 Å². The summed E-state index contributed by atoms with van der Waals surface area (Å²) in [4.78, 5) is 30.7. The lowest BCUT2D eigenvalue weighted by Crippen LogP contribution is -2.54. The first-order valence-corrected chi connectivity index (χ1v) is 12.9. The van der Waals surface area contributed by atoms with Gasteiger partial charge in [0.25, 0.3) is 0 Å². The van der Waals surface area contributed by atoms with Gasteiger partial charge < -0.3 is 15.4 Å². The molecule has 1 aromatic rings. The van der Waals surface area contributed by atoms with Crippen LogP contribution in [0, 0.1) is 17.8 Å². The van der Waals surface area contributed by atoms with E-state index in [0.717, 1.165) is 30.2 Å². The summed E-state index contributed by atoms with van der Waals surface area (Å²) in [6.07, 6.45) is 12.9. The van der Waals surface area contributed by atoms with Crippen LogP contribution >= 0.6 is 15.9 Å². The second kappa shape index (κ2) is 11.5. The molecule has 2 fully saturated rings. The number of ether oxygens (including phenoxy) is 1. The van der Waals surface area contributed by atoms with Crippen LogP contribution in [0.3, 0.4) is 0 Å². The molecule has 178 valence electrons. The van der Waals surface area contributed by atoms with Crippen molar-refractivity contribution in [3.63, 3.8) is 0 Å². The van der Waals surface area contributed by atoms with Crippen molar-refractivity contribution in [3.05, 3.63) is 22.8 Å². The Morgan fingerprint density at radius 1 is 1.00 bits per heavy atom. The number of hydrogen-bond donors (Lipinski definition) is 2. The van der Waals surface area contributed by atoms with Crippen LogP contribution in [0.2, 0.25) is 0 Å². The Balaban J connectivity index is 1.87. The van der Waals surface area contributed by atoms with Crippen molar-refractivity contribution in [1.82, 2.24) is 10.3 Å². The second-order valence-corrected chi connectivity index (χ2v) is 11.3. The number of nitrogens with one attached hydrogen (secondary N) is 2. The molecule has 32 heavy (non-hydrogen) atoms. The summed E-state index contributed by atoms with van der Waals surface area (Å²) < 4.78 is 6.41. The summed E-state index contributed by atoms with van der Waals surface area (Å²) in [7, 11) is 0. The molecule has 0 aromatic carbocycles. The van der Waals surface area contributed by atoms with Gasteiger partial charge in [0.15, 0.2) is 0 Å². The van der Waals surface area contributed by atoms with Gasteiger partial charge in [0.2, 0.25) is 5.91 Å². The average Bonchev–Trinajstić information content (AvgIpc) is 2.75. The molecule has 2 aliphatic carbocycles. The summed E-state index contributed by atoms with van der Waals surface area (Å²) in [5, 5.41) is 5.94. The molecule has 1 atom stereocenters. The van der Waals surface area contributed by atoms with Gasteiger partial charge >= 0.3 is 6.09 Å². The molecule has 2 saturated carbocycles. The summed E-state index contributed by atoms with van der Waals surface area (Å²) in [6.45, 7) is 5.52. The first-order chi connectivity index (χ1) is 15.2. The molecule has 7 heteroatoms. The number of alkyl carbamates (subject to hydrolysis) is 1. The second-order valence-electron chi connectivity index (χ2n) is 10.3. The fraction of sp³-hybridized carbons (Fsp3) is 0.720. The van der Waals surface area contributed by atoms with Crippen molar-refractivity contribution < 1.29 is 14.3 Å². The Bertz CT molecular complexity index is 733. The number of carbonyl (C=O) groups excluding carboxylic acids is 2. The van der Waals surface area contributed by atoms with E-state index in [0.29, 0.717) is 17.7 Å². The normalized spacial score (nSPS) is 19.4. The highest BCUT2D eigenvalue weighted by Crippen LogP contribution is 2.42. The number of aromatic nitrogens is 1. The van der Waals surface area contributed by atoms with Crippen LogP contribution in [-0.4, -0.2) is 28.6 Å². The molecule has 3 rings (SSSR count).